The molecule has 5 aromatic heterocycles. The summed E-state index contributed by atoms with van der Waals surface area (Å²) in [5.41, 5.74) is -4.63. The van der Waals surface area contributed by atoms with Gasteiger partial charge in [0.15, 0.2) is 12.1 Å². The van der Waals surface area contributed by atoms with Crippen LogP contribution in [0.2, 0.25) is 0 Å². The number of amides is 1. The first-order chi connectivity index (χ1) is 31.4. The molecule has 0 saturated heterocycles. The maximum atomic E-state index is 14.3. The number of hydrogen-bond acceptors (Lipinski definition) is 18. The number of H-pyrrole nitrogens is 2. The molecule has 0 aliphatic rings. The number of rotatable bonds is 15. The number of halogens is 3. The van der Waals surface area contributed by atoms with E-state index in [0.29, 0.717) is 12.0 Å². The molecule has 24 nitrogen and oxygen atoms in total. The number of aromatic amines is 2. The third-order valence-corrected chi connectivity index (χ3v) is 7.96. The van der Waals surface area contributed by atoms with Gasteiger partial charge in [-0.3, -0.25) is 66.8 Å². The van der Waals surface area contributed by atoms with Crippen molar-refractivity contribution < 1.29 is 49.5 Å². The van der Waals surface area contributed by atoms with Crippen molar-refractivity contribution in [3.05, 3.63) is 147 Å². The van der Waals surface area contributed by atoms with Crippen LogP contribution in [0.4, 0.5) is 19.0 Å². The van der Waals surface area contributed by atoms with Crippen molar-refractivity contribution in [2.24, 2.45) is 0 Å². The number of anilines is 1. The number of carbonyl (C=O) groups is 4. The number of carbonyl (C=O) groups excluding carboxylic acids is 4. The Morgan fingerprint density at radius 1 is 0.848 bits per heavy atom. The van der Waals surface area contributed by atoms with Crippen molar-refractivity contribution in [2.45, 2.75) is 52.9 Å². The Balaban J connectivity index is 0.000000368. The third-order valence-electron chi connectivity index (χ3n) is 7.96. The van der Waals surface area contributed by atoms with Gasteiger partial charge in [0.2, 0.25) is 5.91 Å². The van der Waals surface area contributed by atoms with E-state index in [1.807, 2.05) is 0 Å². The van der Waals surface area contributed by atoms with E-state index >= 15 is 0 Å². The topological polar surface area (TPSA) is 339 Å². The van der Waals surface area contributed by atoms with Crippen molar-refractivity contribution in [3.8, 4) is 6.07 Å². The summed E-state index contributed by atoms with van der Waals surface area (Å²) in [5, 5.41) is 13.8. The molecule has 5 rings (SSSR count). The van der Waals surface area contributed by atoms with Crippen LogP contribution >= 0.6 is 0 Å². The van der Waals surface area contributed by atoms with Crippen LogP contribution in [0.3, 0.4) is 0 Å². The second-order valence-corrected chi connectivity index (χ2v) is 12.6. The van der Waals surface area contributed by atoms with Gasteiger partial charge in [0, 0.05) is 30.5 Å². The second-order valence-electron chi connectivity index (χ2n) is 12.4. The van der Waals surface area contributed by atoms with Gasteiger partial charge in [-0.1, -0.05) is 6.07 Å². The number of aldehydes is 1. The van der Waals surface area contributed by atoms with Crippen LogP contribution < -0.4 is 38.4 Å². The first kappa shape index (κ1) is 54.0. The van der Waals surface area contributed by atoms with Crippen LogP contribution in [0.15, 0.2) is 85.3 Å². The van der Waals surface area contributed by atoms with Crippen molar-refractivity contribution in [2.75, 3.05) is 25.1 Å². The zero-order valence-electron chi connectivity index (χ0n) is 34.8. The molecule has 0 aliphatic carbocycles. The van der Waals surface area contributed by atoms with Crippen molar-refractivity contribution in [1.82, 2.24) is 43.9 Å². The summed E-state index contributed by atoms with van der Waals surface area (Å²) in [6.07, 6.45) is 6.36. The Bertz CT molecular complexity index is 2870. The summed E-state index contributed by atoms with van der Waals surface area (Å²) in [4.78, 5) is 118. The monoisotopic (exact) mass is 993 g/mol. The maximum absolute atomic E-state index is 14.3. The molecular weight excluding hydrogens is 954 g/mol. The van der Waals surface area contributed by atoms with Gasteiger partial charge in [0.05, 0.1) is 38.2 Å². The van der Waals surface area contributed by atoms with Gasteiger partial charge in [-0.05, 0) is 45.0 Å². The van der Waals surface area contributed by atoms with Crippen LogP contribution in [0.1, 0.15) is 47.1 Å². The number of nitrogens with zero attached hydrogens (tertiary/aromatic N) is 7. The molecule has 350 valence electrons. The molecule has 5 heterocycles. The van der Waals surface area contributed by atoms with Gasteiger partial charge in [0.1, 0.15) is 48.6 Å². The minimum atomic E-state index is -3.40. The second kappa shape index (κ2) is 27.1. The van der Waals surface area contributed by atoms with E-state index in [0.717, 1.165) is 32.2 Å². The number of aromatic nitrogens is 8. The Kier molecular flexibility index (Phi) is 22.2. The normalized spacial score (nSPS) is 10.1. The summed E-state index contributed by atoms with van der Waals surface area (Å²) < 4.78 is 71.0. The van der Waals surface area contributed by atoms with Gasteiger partial charge in [-0.15, -0.1) is 0 Å². The molecule has 1 amide bonds. The molecule has 0 unspecified atom stereocenters. The molecule has 5 aromatic rings. The Morgan fingerprint density at radius 3 is 2.00 bits per heavy atom. The molecule has 0 aliphatic heterocycles. The van der Waals surface area contributed by atoms with Crippen molar-refractivity contribution >= 4 is 44.8 Å². The fourth-order valence-electron chi connectivity index (χ4n) is 4.89. The van der Waals surface area contributed by atoms with Crippen molar-refractivity contribution in [1.29, 1.82) is 5.26 Å². The number of aryl methyl sites for hydroxylation is 1. The predicted octanol–water partition coefficient (Wildman–Crippen LogP) is -0.734. The molecule has 0 saturated carbocycles. The average molecular weight is 993 g/mol. The Morgan fingerprint density at radius 2 is 1.44 bits per heavy atom. The quantitative estimate of drug-likeness (QED) is 0.0435. The summed E-state index contributed by atoms with van der Waals surface area (Å²) >= 11 is -1.62. The average Bonchev–Trinajstić information content (AvgIpc) is 3.29. The number of ether oxygens (including phenoxy) is 2. The van der Waals surface area contributed by atoms with E-state index < -0.39 is 103 Å². The fraction of sp³-hybridized carbons (Fsp3) is 0.289. The van der Waals surface area contributed by atoms with Crippen LogP contribution in [0.25, 0.3) is 0 Å². The van der Waals surface area contributed by atoms with Gasteiger partial charge >= 0.3 is 62.6 Å². The standard InChI is InChI=1S/C20H16F3N7O2.C9H10N2O5.C9H12N2O4.O2Se/c21-14-4-3-7-25-15(14)10-27-17(31)11-30-13(8-24)9-28-18(19(30)32)29-12-20(22,23)16-5-1-2-6-26-16;1-2-16-7(13)4-11-6(5-12)3-10-8(14)9(11)15;1-3-15-7(12)5-11-6(2)4-10-8(13)9(11)14;1-3-2/h1-7,9H,10-12H2,(H,27,31)(H,28,29);3,5H,2,4H2,1H3,(H,10,14);4H,3,5H2,1-2H3,(H,10,13);. The van der Waals surface area contributed by atoms with Gasteiger partial charge < -0.3 is 30.1 Å². The van der Waals surface area contributed by atoms with E-state index in [1.54, 1.807) is 26.8 Å². The number of esters is 2. The zero-order valence-corrected chi connectivity index (χ0v) is 36.5. The molecule has 0 fully saturated rings. The number of nitrogens with one attached hydrogen (secondary N) is 4. The molecule has 0 radical (unpaired) electrons. The van der Waals surface area contributed by atoms with Crippen LogP contribution in [-0.2, 0) is 63.6 Å². The molecule has 66 heavy (non-hydrogen) atoms. The zero-order chi connectivity index (χ0) is 49.4. The van der Waals surface area contributed by atoms with Crippen LogP contribution in [-0.4, -0.2) is 97.3 Å². The number of pyridine rings is 2. The number of nitriles is 1. The molecule has 0 atom stereocenters. The molecule has 0 aromatic carbocycles. The SMILES string of the molecule is CCOC(=O)Cn1c(C)c[nH]c(=O)c1=O.CCOC(=O)Cn1c(C=O)c[nH]c(=O)c1=O.N#Cc1cnc(NCC(F)(F)c2ccccn2)c(=O)n1CC(=O)NCc1ncccc1F.O=[Se]=O. The molecule has 0 spiro atoms. The summed E-state index contributed by atoms with van der Waals surface area (Å²) in [6, 6.07) is 8.31. The molecule has 28 heteroatoms. The van der Waals surface area contributed by atoms with Crippen LogP contribution in [0, 0.1) is 24.1 Å². The van der Waals surface area contributed by atoms with Gasteiger partial charge in [-0.25, -0.2) is 9.37 Å². The van der Waals surface area contributed by atoms with Crippen LogP contribution in [0.5, 0.6) is 0 Å². The first-order valence-electron chi connectivity index (χ1n) is 18.6. The van der Waals surface area contributed by atoms with E-state index in [4.69, 9.17) is 7.67 Å². The summed E-state index contributed by atoms with van der Waals surface area (Å²) in [7, 11) is 0. The first-order valence-corrected chi connectivity index (χ1v) is 20.0. The van der Waals surface area contributed by atoms with E-state index in [2.05, 4.69) is 45.0 Å². The van der Waals surface area contributed by atoms with Crippen molar-refractivity contribution in [3.63, 3.8) is 0 Å². The van der Waals surface area contributed by atoms with Gasteiger partial charge in [0.25, 0.3) is 5.56 Å². The van der Waals surface area contributed by atoms with E-state index in [1.165, 1.54) is 42.9 Å². The Labute approximate surface area is 374 Å². The minimum absolute atomic E-state index is 0.0115. The molecular formula is C38H38F3N11O13Se. The summed E-state index contributed by atoms with van der Waals surface area (Å²) in [5.74, 6) is -6.43. The fourth-order valence-corrected chi connectivity index (χ4v) is 4.89. The van der Waals surface area contributed by atoms with Gasteiger partial charge in [-0.2, -0.15) is 14.0 Å². The number of hydrogen-bond donors (Lipinski definition) is 4. The van der Waals surface area contributed by atoms with E-state index in [9.17, 15) is 61.6 Å². The number of alkyl halides is 2. The molecule has 4 N–H and O–H groups in total. The predicted molar refractivity (Wildman–Crippen MR) is 219 cm³/mol. The third kappa shape index (κ3) is 16.5. The summed E-state index contributed by atoms with van der Waals surface area (Å²) in [6.45, 7) is 2.79. The van der Waals surface area contributed by atoms with E-state index in [-0.39, 0.29) is 43.4 Å². The molecule has 0 bridgehead atoms. The Hall–Kier alpha value is -8.18.